The summed E-state index contributed by atoms with van der Waals surface area (Å²) in [7, 11) is 0. The van der Waals surface area contributed by atoms with Crippen LogP contribution in [0.4, 0.5) is 5.82 Å². The Morgan fingerprint density at radius 3 is 2.90 bits per heavy atom. The van der Waals surface area contributed by atoms with E-state index in [-0.39, 0.29) is 6.04 Å². The van der Waals surface area contributed by atoms with Crippen molar-refractivity contribution in [2.24, 2.45) is 0 Å². The van der Waals surface area contributed by atoms with E-state index in [0.29, 0.717) is 5.92 Å². The Hall–Kier alpha value is -1.98. The summed E-state index contributed by atoms with van der Waals surface area (Å²) in [6.45, 7) is 7.29. The van der Waals surface area contributed by atoms with Gasteiger partial charge in [0.15, 0.2) is 5.82 Å². The lowest BCUT2D eigenvalue weighted by atomic mass is 10.2. The molecule has 0 saturated heterocycles. The predicted molar refractivity (Wildman–Crippen MR) is 76.5 cm³/mol. The number of anilines is 1. The van der Waals surface area contributed by atoms with Crippen LogP contribution in [0, 0.1) is 0 Å². The standard InChI is InChI=1S/C14H20N6/c1-9(2)13-15-7-6-11(17-13)16-10(3)14-19-18-12-5-4-8-20(12)14/h6-7,9-10H,4-5,8H2,1-3H3,(H,15,16,17)/t10-/m1/s1. The van der Waals surface area contributed by atoms with Crippen molar-refractivity contribution in [3.05, 3.63) is 29.7 Å². The quantitative estimate of drug-likeness (QED) is 0.925. The number of nitrogens with one attached hydrogen (secondary N) is 1. The fraction of sp³-hybridized carbons (Fsp3) is 0.571. The Morgan fingerprint density at radius 1 is 1.25 bits per heavy atom. The van der Waals surface area contributed by atoms with Gasteiger partial charge in [0.05, 0.1) is 6.04 Å². The summed E-state index contributed by atoms with van der Waals surface area (Å²) in [6.07, 6.45) is 3.99. The number of aryl methyl sites for hydroxylation is 1. The molecule has 1 aliphatic heterocycles. The molecule has 0 fully saturated rings. The highest BCUT2D eigenvalue weighted by Crippen LogP contribution is 2.22. The third-order valence-electron chi connectivity index (χ3n) is 3.58. The predicted octanol–water partition coefficient (Wildman–Crippen LogP) is 2.31. The minimum absolute atomic E-state index is 0.0873. The number of rotatable bonds is 4. The van der Waals surface area contributed by atoms with Crippen molar-refractivity contribution >= 4 is 5.82 Å². The smallest absolute Gasteiger partial charge is 0.155 e. The van der Waals surface area contributed by atoms with Gasteiger partial charge in [-0.3, -0.25) is 0 Å². The maximum Gasteiger partial charge on any atom is 0.155 e. The third kappa shape index (κ3) is 2.37. The molecule has 2 aromatic rings. The van der Waals surface area contributed by atoms with Gasteiger partial charge in [-0.25, -0.2) is 9.97 Å². The Morgan fingerprint density at radius 2 is 2.10 bits per heavy atom. The van der Waals surface area contributed by atoms with Crippen LogP contribution in [-0.2, 0) is 13.0 Å². The van der Waals surface area contributed by atoms with Crippen LogP contribution in [-0.4, -0.2) is 24.7 Å². The van der Waals surface area contributed by atoms with Crippen LogP contribution < -0.4 is 5.32 Å². The first-order chi connectivity index (χ1) is 9.65. The van der Waals surface area contributed by atoms with Gasteiger partial charge in [0, 0.05) is 25.1 Å². The molecule has 1 atom stereocenters. The molecule has 106 valence electrons. The number of fused-ring (bicyclic) bond motifs is 1. The van der Waals surface area contributed by atoms with Gasteiger partial charge in [0.2, 0.25) is 0 Å². The maximum atomic E-state index is 4.54. The molecule has 0 saturated carbocycles. The molecule has 1 aliphatic rings. The molecule has 2 aromatic heterocycles. The minimum atomic E-state index is 0.0873. The zero-order valence-electron chi connectivity index (χ0n) is 12.2. The lowest BCUT2D eigenvalue weighted by Gasteiger charge is -2.15. The molecule has 0 aliphatic carbocycles. The van der Waals surface area contributed by atoms with Gasteiger partial charge in [0.1, 0.15) is 17.5 Å². The number of hydrogen-bond donors (Lipinski definition) is 1. The second-order valence-corrected chi connectivity index (χ2v) is 5.55. The van der Waals surface area contributed by atoms with Crippen molar-refractivity contribution in [3.63, 3.8) is 0 Å². The molecule has 3 rings (SSSR count). The average molecular weight is 272 g/mol. The molecule has 6 nitrogen and oxygen atoms in total. The van der Waals surface area contributed by atoms with Crippen LogP contribution in [0.15, 0.2) is 12.3 Å². The van der Waals surface area contributed by atoms with Crippen molar-refractivity contribution in [1.82, 2.24) is 24.7 Å². The monoisotopic (exact) mass is 272 g/mol. The minimum Gasteiger partial charge on any atom is -0.360 e. The van der Waals surface area contributed by atoms with Gasteiger partial charge in [-0.2, -0.15) is 0 Å². The van der Waals surface area contributed by atoms with Crippen LogP contribution >= 0.6 is 0 Å². The topological polar surface area (TPSA) is 68.5 Å². The Labute approximate surface area is 118 Å². The van der Waals surface area contributed by atoms with Gasteiger partial charge in [-0.05, 0) is 19.4 Å². The Kier molecular flexibility index (Phi) is 3.38. The van der Waals surface area contributed by atoms with Gasteiger partial charge >= 0.3 is 0 Å². The van der Waals surface area contributed by atoms with Crippen LogP contribution in [0.5, 0.6) is 0 Å². The van der Waals surface area contributed by atoms with Crippen molar-refractivity contribution < 1.29 is 0 Å². The number of hydrogen-bond acceptors (Lipinski definition) is 5. The Bertz CT molecular complexity index is 603. The fourth-order valence-corrected chi connectivity index (χ4v) is 2.51. The normalized spacial score (nSPS) is 15.4. The van der Waals surface area contributed by atoms with E-state index in [1.54, 1.807) is 6.20 Å². The Balaban J connectivity index is 1.78. The molecular formula is C14H20N6. The molecule has 6 heteroatoms. The molecule has 0 bridgehead atoms. The van der Waals surface area contributed by atoms with Crippen molar-refractivity contribution in [3.8, 4) is 0 Å². The van der Waals surface area contributed by atoms with E-state index in [1.807, 2.05) is 6.07 Å². The van der Waals surface area contributed by atoms with E-state index < -0.39 is 0 Å². The lowest BCUT2D eigenvalue weighted by molar-refractivity contribution is 0.650. The van der Waals surface area contributed by atoms with E-state index >= 15 is 0 Å². The molecule has 0 aromatic carbocycles. The van der Waals surface area contributed by atoms with Gasteiger partial charge in [-0.15, -0.1) is 10.2 Å². The van der Waals surface area contributed by atoms with Crippen molar-refractivity contribution in [2.75, 3.05) is 5.32 Å². The van der Waals surface area contributed by atoms with E-state index in [0.717, 1.165) is 42.7 Å². The van der Waals surface area contributed by atoms with Gasteiger partial charge < -0.3 is 9.88 Å². The van der Waals surface area contributed by atoms with Crippen molar-refractivity contribution in [2.45, 2.75) is 52.1 Å². The summed E-state index contributed by atoms with van der Waals surface area (Å²) >= 11 is 0. The van der Waals surface area contributed by atoms with Gasteiger partial charge in [0.25, 0.3) is 0 Å². The van der Waals surface area contributed by atoms with Crippen LogP contribution in [0.3, 0.4) is 0 Å². The average Bonchev–Trinajstić information content (AvgIpc) is 3.00. The summed E-state index contributed by atoms with van der Waals surface area (Å²) in [5, 5.41) is 11.9. The van der Waals surface area contributed by atoms with Gasteiger partial charge in [-0.1, -0.05) is 13.8 Å². The van der Waals surface area contributed by atoms with Crippen LogP contribution in [0.2, 0.25) is 0 Å². The largest absolute Gasteiger partial charge is 0.360 e. The van der Waals surface area contributed by atoms with E-state index in [9.17, 15) is 0 Å². The highest BCUT2D eigenvalue weighted by molar-refractivity contribution is 5.35. The summed E-state index contributed by atoms with van der Waals surface area (Å²) in [4.78, 5) is 8.82. The summed E-state index contributed by atoms with van der Waals surface area (Å²) in [5.74, 6) is 4.10. The first-order valence-electron chi connectivity index (χ1n) is 7.16. The maximum absolute atomic E-state index is 4.54. The van der Waals surface area contributed by atoms with E-state index in [1.165, 1.54) is 0 Å². The summed E-state index contributed by atoms with van der Waals surface area (Å²) < 4.78 is 2.21. The summed E-state index contributed by atoms with van der Waals surface area (Å²) in [6, 6.07) is 1.98. The molecule has 1 N–H and O–H groups in total. The van der Waals surface area contributed by atoms with E-state index in [2.05, 4.69) is 50.8 Å². The molecule has 0 radical (unpaired) electrons. The van der Waals surface area contributed by atoms with Crippen molar-refractivity contribution in [1.29, 1.82) is 0 Å². The fourth-order valence-electron chi connectivity index (χ4n) is 2.51. The zero-order valence-corrected chi connectivity index (χ0v) is 12.2. The third-order valence-corrected chi connectivity index (χ3v) is 3.58. The second kappa shape index (κ2) is 5.19. The molecule has 20 heavy (non-hydrogen) atoms. The number of nitrogens with zero attached hydrogens (tertiary/aromatic N) is 5. The molecule has 0 unspecified atom stereocenters. The summed E-state index contributed by atoms with van der Waals surface area (Å²) in [5.41, 5.74) is 0. The first-order valence-corrected chi connectivity index (χ1v) is 7.16. The van der Waals surface area contributed by atoms with Crippen LogP contribution in [0.25, 0.3) is 0 Å². The first kappa shape index (κ1) is 13.0. The number of aromatic nitrogens is 5. The molecule has 0 amide bonds. The lowest BCUT2D eigenvalue weighted by Crippen LogP contribution is -2.14. The second-order valence-electron chi connectivity index (χ2n) is 5.55. The zero-order chi connectivity index (χ0) is 14.1. The molecule has 0 spiro atoms. The molecular weight excluding hydrogens is 252 g/mol. The van der Waals surface area contributed by atoms with E-state index in [4.69, 9.17) is 0 Å². The highest BCUT2D eigenvalue weighted by atomic mass is 15.3. The SMILES string of the molecule is CC(C)c1nccc(N[C@H](C)c2nnc3n2CCC3)n1. The molecule has 3 heterocycles. The highest BCUT2D eigenvalue weighted by Gasteiger charge is 2.21. The van der Waals surface area contributed by atoms with Crippen LogP contribution in [0.1, 0.15) is 56.6 Å².